The van der Waals surface area contributed by atoms with Crippen molar-refractivity contribution in [3.63, 3.8) is 0 Å². The Balaban J connectivity index is 2.37. The fraction of sp³-hybridized carbons (Fsp3) is 0.143. The number of halogens is 4. The monoisotopic (exact) mass is 362 g/mol. The highest BCUT2D eigenvalue weighted by Crippen LogP contribution is 2.36. The van der Waals surface area contributed by atoms with Gasteiger partial charge in [-0.05, 0) is 25.5 Å². The van der Waals surface area contributed by atoms with Crippen LogP contribution < -0.4 is 5.32 Å². The summed E-state index contributed by atoms with van der Waals surface area (Å²) in [5.74, 6) is -0.507. The summed E-state index contributed by atoms with van der Waals surface area (Å²) in [6.07, 6.45) is 0. The third-order valence-electron chi connectivity index (χ3n) is 2.83. The number of pyridine rings is 1. The smallest absolute Gasteiger partial charge is 0.275 e. The normalized spacial score (nSPS) is 10.6. The summed E-state index contributed by atoms with van der Waals surface area (Å²) in [5, 5.41) is 2.64. The molecule has 0 aliphatic heterocycles. The highest BCUT2D eigenvalue weighted by molar-refractivity contribution is 6.52. The molecule has 0 saturated heterocycles. The van der Waals surface area contributed by atoms with Gasteiger partial charge in [-0.2, -0.15) is 0 Å². The molecule has 1 amide bonds. The van der Waals surface area contributed by atoms with Crippen LogP contribution in [0.5, 0.6) is 0 Å². The lowest BCUT2D eigenvalue weighted by atomic mass is 10.1. The van der Waals surface area contributed by atoms with Gasteiger partial charge in [0.25, 0.3) is 5.91 Å². The molecular formula is C14H10Cl4N2O. The first-order chi connectivity index (χ1) is 9.81. The number of anilines is 1. The topological polar surface area (TPSA) is 42.0 Å². The maximum Gasteiger partial charge on any atom is 0.275 e. The van der Waals surface area contributed by atoms with Gasteiger partial charge in [-0.3, -0.25) is 4.79 Å². The maximum absolute atomic E-state index is 12.3. The van der Waals surface area contributed by atoms with Crippen LogP contribution in [0, 0.1) is 13.8 Å². The summed E-state index contributed by atoms with van der Waals surface area (Å²) in [7, 11) is 0. The number of rotatable bonds is 2. The zero-order valence-corrected chi connectivity index (χ0v) is 14.1. The van der Waals surface area contributed by atoms with Crippen LogP contribution in [0.15, 0.2) is 18.2 Å². The molecule has 0 aliphatic rings. The predicted molar refractivity (Wildman–Crippen MR) is 88.1 cm³/mol. The van der Waals surface area contributed by atoms with Crippen LogP contribution in [-0.2, 0) is 0 Å². The molecule has 0 spiro atoms. The Labute approximate surface area is 142 Å². The minimum absolute atomic E-state index is 0.00381. The molecule has 0 saturated carbocycles. The van der Waals surface area contributed by atoms with Crippen molar-refractivity contribution in [1.29, 1.82) is 0 Å². The first-order valence-corrected chi connectivity index (χ1v) is 7.41. The average Bonchev–Trinajstić information content (AvgIpc) is 2.43. The van der Waals surface area contributed by atoms with Crippen LogP contribution >= 0.6 is 46.4 Å². The highest BCUT2D eigenvalue weighted by Gasteiger charge is 2.20. The number of hydrogen-bond donors (Lipinski definition) is 1. The summed E-state index contributed by atoms with van der Waals surface area (Å²) in [6, 6.07) is 5.64. The van der Waals surface area contributed by atoms with E-state index >= 15 is 0 Å². The Bertz CT molecular complexity index is 731. The minimum Gasteiger partial charge on any atom is -0.320 e. The molecule has 110 valence electrons. The van der Waals surface area contributed by atoms with Gasteiger partial charge in [-0.15, -0.1) is 0 Å². The van der Waals surface area contributed by atoms with E-state index < -0.39 is 5.91 Å². The van der Waals surface area contributed by atoms with Gasteiger partial charge in [0.2, 0.25) is 0 Å². The van der Waals surface area contributed by atoms with E-state index in [1.807, 2.05) is 26.0 Å². The van der Waals surface area contributed by atoms with E-state index in [0.29, 0.717) is 5.69 Å². The molecule has 1 aromatic carbocycles. The van der Waals surface area contributed by atoms with Gasteiger partial charge in [0.1, 0.15) is 10.8 Å². The second-order valence-corrected chi connectivity index (χ2v) is 5.96. The Hall–Kier alpha value is -1.000. The standard InChI is InChI=1S/C14H10Cl4N2O/c1-6-3-4-8(7(2)5-6)19-14(21)12-10(16)9(15)11(17)13(18)20-12/h3-5H,1-2H3,(H,19,21). The summed E-state index contributed by atoms with van der Waals surface area (Å²) >= 11 is 23.6. The van der Waals surface area contributed by atoms with E-state index in [0.717, 1.165) is 11.1 Å². The quantitative estimate of drug-likeness (QED) is 0.709. The number of hydrogen-bond acceptors (Lipinski definition) is 2. The Morgan fingerprint density at radius 3 is 2.33 bits per heavy atom. The molecule has 3 nitrogen and oxygen atoms in total. The highest BCUT2D eigenvalue weighted by atomic mass is 35.5. The number of benzene rings is 1. The Kier molecular flexibility index (Phi) is 4.99. The van der Waals surface area contributed by atoms with Crippen molar-refractivity contribution in [1.82, 2.24) is 4.98 Å². The van der Waals surface area contributed by atoms with E-state index in [-0.39, 0.29) is 25.9 Å². The number of nitrogens with one attached hydrogen (secondary N) is 1. The lowest BCUT2D eigenvalue weighted by Gasteiger charge is -2.11. The van der Waals surface area contributed by atoms with Crippen molar-refractivity contribution in [2.24, 2.45) is 0 Å². The van der Waals surface area contributed by atoms with Gasteiger partial charge < -0.3 is 5.32 Å². The minimum atomic E-state index is -0.507. The van der Waals surface area contributed by atoms with Crippen molar-refractivity contribution in [3.05, 3.63) is 55.2 Å². The van der Waals surface area contributed by atoms with Crippen LogP contribution in [0.3, 0.4) is 0 Å². The third kappa shape index (κ3) is 3.43. The van der Waals surface area contributed by atoms with Crippen molar-refractivity contribution in [2.45, 2.75) is 13.8 Å². The Morgan fingerprint density at radius 2 is 1.71 bits per heavy atom. The van der Waals surface area contributed by atoms with Crippen molar-refractivity contribution < 1.29 is 4.79 Å². The van der Waals surface area contributed by atoms with E-state index in [1.54, 1.807) is 6.07 Å². The van der Waals surface area contributed by atoms with E-state index in [9.17, 15) is 4.79 Å². The molecule has 2 rings (SSSR count). The molecule has 0 unspecified atom stereocenters. The predicted octanol–water partition coefficient (Wildman–Crippen LogP) is 5.56. The molecule has 0 fully saturated rings. The summed E-state index contributed by atoms with van der Waals surface area (Å²) in [5.41, 5.74) is 2.60. The third-order valence-corrected chi connectivity index (χ3v) is 4.51. The van der Waals surface area contributed by atoms with Gasteiger partial charge in [0, 0.05) is 5.69 Å². The zero-order chi connectivity index (χ0) is 15.7. The molecule has 1 heterocycles. The molecule has 1 aromatic heterocycles. The molecule has 21 heavy (non-hydrogen) atoms. The van der Waals surface area contributed by atoms with Gasteiger partial charge in [0.15, 0.2) is 0 Å². The van der Waals surface area contributed by atoms with Gasteiger partial charge in [0.05, 0.1) is 15.1 Å². The molecule has 7 heteroatoms. The van der Waals surface area contributed by atoms with Crippen molar-refractivity contribution in [3.8, 4) is 0 Å². The van der Waals surface area contributed by atoms with Crippen molar-refractivity contribution >= 4 is 58.0 Å². The molecule has 0 bridgehead atoms. The second-order valence-electron chi connectivity index (χ2n) is 4.47. The molecule has 0 atom stereocenters. The molecule has 0 radical (unpaired) electrons. The van der Waals surface area contributed by atoms with E-state index in [1.165, 1.54) is 0 Å². The van der Waals surface area contributed by atoms with E-state index in [2.05, 4.69) is 10.3 Å². The SMILES string of the molecule is Cc1ccc(NC(=O)c2nc(Cl)c(Cl)c(Cl)c2Cl)c(C)c1. The number of amides is 1. The van der Waals surface area contributed by atoms with Gasteiger partial charge >= 0.3 is 0 Å². The van der Waals surface area contributed by atoms with Gasteiger partial charge in [-0.25, -0.2) is 4.98 Å². The first-order valence-electron chi connectivity index (χ1n) is 5.90. The summed E-state index contributed by atoms with van der Waals surface area (Å²) in [4.78, 5) is 16.2. The fourth-order valence-electron chi connectivity index (χ4n) is 1.77. The largest absolute Gasteiger partial charge is 0.320 e. The van der Waals surface area contributed by atoms with E-state index in [4.69, 9.17) is 46.4 Å². The lowest BCUT2D eigenvalue weighted by Crippen LogP contribution is -2.15. The average molecular weight is 364 g/mol. The van der Waals surface area contributed by atoms with Crippen molar-refractivity contribution in [2.75, 3.05) is 5.32 Å². The summed E-state index contributed by atoms with van der Waals surface area (Å²) in [6.45, 7) is 3.86. The number of carbonyl (C=O) groups is 1. The van der Waals surface area contributed by atoms with Crippen LogP contribution in [0.1, 0.15) is 21.6 Å². The van der Waals surface area contributed by atoms with Crippen LogP contribution in [0.25, 0.3) is 0 Å². The zero-order valence-electron chi connectivity index (χ0n) is 11.1. The summed E-state index contributed by atoms with van der Waals surface area (Å²) < 4.78 is 0. The first kappa shape index (κ1) is 16.4. The molecular weight excluding hydrogens is 354 g/mol. The van der Waals surface area contributed by atoms with Crippen LogP contribution in [0.2, 0.25) is 20.2 Å². The Morgan fingerprint density at radius 1 is 1.05 bits per heavy atom. The number of nitrogens with zero attached hydrogens (tertiary/aromatic N) is 1. The molecule has 1 N–H and O–H groups in total. The molecule has 0 aliphatic carbocycles. The van der Waals surface area contributed by atoms with Gasteiger partial charge in [-0.1, -0.05) is 64.1 Å². The lowest BCUT2D eigenvalue weighted by molar-refractivity contribution is 0.102. The number of aryl methyl sites for hydroxylation is 2. The van der Waals surface area contributed by atoms with Crippen LogP contribution in [-0.4, -0.2) is 10.9 Å². The number of carbonyl (C=O) groups excluding carboxylic acids is 1. The second kappa shape index (κ2) is 6.41. The number of aromatic nitrogens is 1. The maximum atomic E-state index is 12.3. The fourth-order valence-corrected chi connectivity index (χ4v) is 2.59. The molecule has 2 aromatic rings. The van der Waals surface area contributed by atoms with Crippen LogP contribution in [0.4, 0.5) is 5.69 Å².